The lowest BCUT2D eigenvalue weighted by molar-refractivity contribution is -0.116. The Morgan fingerprint density at radius 1 is 1.07 bits per heavy atom. The molecule has 0 radical (unpaired) electrons. The van der Waals surface area contributed by atoms with Crippen molar-refractivity contribution in [2.24, 2.45) is 17.5 Å². The Kier molecular flexibility index (Phi) is 14.1. The standard InChI is InChI=1S/C31H37N5O.C2H4O.C2H6/c1-4-5-7-12-30(37)34-26-16-13-23(14-17-26)25-15-18-29-27(19-25)31(22(2)20-35(29)3)36(33)21-28(32)24-10-8-6-9-11-24;1-2-3;1-2/h4,6,8-11,13-19,21-22,31H,1,5,7,12,20,32-33H2,2-3H3,(H,34,37);2H,1H3;1-2H3/b28-21-;;/t22-,31?;;/m1../s1. The van der Waals surface area contributed by atoms with Gasteiger partial charge in [-0.25, -0.2) is 5.84 Å². The van der Waals surface area contributed by atoms with Gasteiger partial charge < -0.3 is 25.8 Å². The number of anilines is 2. The van der Waals surface area contributed by atoms with Crippen LogP contribution in [-0.2, 0) is 9.59 Å². The van der Waals surface area contributed by atoms with E-state index in [4.69, 9.17) is 16.4 Å². The lowest BCUT2D eigenvalue weighted by Crippen LogP contribution is -2.43. The van der Waals surface area contributed by atoms with Crippen molar-refractivity contribution >= 4 is 29.3 Å². The Hall–Kier alpha value is -4.36. The van der Waals surface area contributed by atoms with Crippen LogP contribution < -0.4 is 21.8 Å². The van der Waals surface area contributed by atoms with Gasteiger partial charge in [-0.3, -0.25) is 4.79 Å². The highest BCUT2D eigenvalue weighted by molar-refractivity contribution is 5.91. The molecule has 0 fully saturated rings. The number of nitrogens with two attached hydrogens (primary N) is 2. The molecule has 42 heavy (non-hydrogen) atoms. The second kappa shape index (κ2) is 17.5. The van der Waals surface area contributed by atoms with Crippen LogP contribution >= 0.6 is 0 Å². The van der Waals surface area contributed by atoms with E-state index in [0.29, 0.717) is 12.1 Å². The van der Waals surface area contributed by atoms with Crippen LogP contribution in [0.15, 0.2) is 91.7 Å². The number of nitrogens with one attached hydrogen (secondary N) is 1. The zero-order valence-electron chi connectivity index (χ0n) is 25.7. The van der Waals surface area contributed by atoms with Gasteiger partial charge >= 0.3 is 0 Å². The van der Waals surface area contributed by atoms with Crippen LogP contribution in [0.5, 0.6) is 0 Å². The van der Waals surface area contributed by atoms with Crippen molar-refractivity contribution in [3.63, 3.8) is 0 Å². The molecule has 2 atom stereocenters. The predicted molar refractivity (Wildman–Crippen MR) is 177 cm³/mol. The number of unbranched alkanes of at least 4 members (excludes halogenated alkanes) is 1. The summed E-state index contributed by atoms with van der Waals surface area (Å²) in [5.74, 6) is 6.96. The van der Waals surface area contributed by atoms with Gasteiger partial charge in [0, 0.05) is 43.2 Å². The number of hydrogen-bond donors (Lipinski definition) is 3. The van der Waals surface area contributed by atoms with Gasteiger partial charge in [0.1, 0.15) is 6.29 Å². The molecule has 1 aliphatic heterocycles. The quantitative estimate of drug-likeness (QED) is 0.0832. The largest absolute Gasteiger partial charge is 0.397 e. The maximum atomic E-state index is 12.2. The molecular formula is C35H47N5O2. The van der Waals surface area contributed by atoms with Crippen LogP contribution in [0.4, 0.5) is 11.4 Å². The van der Waals surface area contributed by atoms with Crippen LogP contribution in [0.3, 0.4) is 0 Å². The summed E-state index contributed by atoms with van der Waals surface area (Å²) >= 11 is 0. The van der Waals surface area contributed by atoms with Gasteiger partial charge in [0.05, 0.1) is 11.7 Å². The number of fused-ring (bicyclic) bond motifs is 1. The van der Waals surface area contributed by atoms with E-state index in [1.165, 1.54) is 6.92 Å². The van der Waals surface area contributed by atoms with Gasteiger partial charge in [-0.15, -0.1) is 6.58 Å². The fourth-order valence-corrected chi connectivity index (χ4v) is 5.03. The van der Waals surface area contributed by atoms with Crippen molar-refractivity contribution in [2.45, 2.75) is 53.0 Å². The van der Waals surface area contributed by atoms with E-state index in [1.54, 1.807) is 5.01 Å². The van der Waals surface area contributed by atoms with E-state index in [0.717, 1.165) is 59.3 Å². The molecule has 0 saturated carbocycles. The van der Waals surface area contributed by atoms with Gasteiger partial charge in [-0.1, -0.05) is 75.4 Å². The summed E-state index contributed by atoms with van der Waals surface area (Å²) < 4.78 is 0. The van der Waals surface area contributed by atoms with E-state index in [1.807, 2.05) is 80.7 Å². The number of benzene rings is 3. The van der Waals surface area contributed by atoms with E-state index in [9.17, 15) is 4.79 Å². The fourth-order valence-electron chi connectivity index (χ4n) is 5.03. The normalized spacial score (nSPS) is 15.6. The molecule has 7 nitrogen and oxygen atoms in total. The van der Waals surface area contributed by atoms with Crippen LogP contribution in [-0.4, -0.2) is 30.8 Å². The summed E-state index contributed by atoms with van der Waals surface area (Å²) in [6, 6.07) is 24.4. The minimum absolute atomic E-state index is 0.0223. The number of aldehydes is 1. The summed E-state index contributed by atoms with van der Waals surface area (Å²) in [6.07, 6.45) is 6.56. The topological polar surface area (TPSA) is 105 Å². The second-order valence-electron chi connectivity index (χ2n) is 10.0. The molecule has 224 valence electrons. The Balaban J connectivity index is 0.00000116. The van der Waals surface area contributed by atoms with Crippen molar-refractivity contribution < 1.29 is 9.59 Å². The smallest absolute Gasteiger partial charge is 0.224 e. The first-order valence-corrected chi connectivity index (χ1v) is 14.6. The highest BCUT2D eigenvalue weighted by atomic mass is 16.1. The summed E-state index contributed by atoms with van der Waals surface area (Å²) in [6.45, 7) is 12.3. The molecule has 0 aromatic heterocycles. The van der Waals surface area contributed by atoms with Crippen molar-refractivity contribution in [3.8, 4) is 11.1 Å². The Labute approximate surface area is 251 Å². The third-order valence-corrected chi connectivity index (χ3v) is 6.89. The summed E-state index contributed by atoms with van der Waals surface area (Å²) in [5, 5.41) is 4.73. The molecule has 3 aromatic carbocycles. The highest BCUT2D eigenvalue weighted by Gasteiger charge is 2.32. The minimum Gasteiger partial charge on any atom is -0.397 e. The lowest BCUT2D eigenvalue weighted by Gasteiger charge is -2.41. The Morgan fingerprint density at radius 2 is 1.69 bits per heavy atom. The molecule has 0 spiro atoms. The molecule has 5 N–H and O–H groups in total. The molecule has 3 aromatic rings. The molecule has 1 heterocycles. The van der Waals surface area contributed by atoms with Crippen LogP contribution in [0.25, 0.3) is 16.8 Å². The Morgan fingerprint density at radius 3 is 2.31 bits per heavy atom. The minimum atomic E-state index is -0.0254. The molecule has 0 bridgehead atoms. The molecule has 1 aliphatic rings. The molecule has 4 rings (SSSR count). The summed E-state index contributed by atoms with van der Waals surface area (Å²) in [7, 11) is 2.12. The average molecular weight is 570 g/mol. The molecular weight excluding hydrogens is 522 g/mol. The van der Waals surface area contributed by atoms with Crippen molar-refractivity contribution in [1.82, 2.24) is 5.01 Å². The van der Waals surface area contributed by atoms with E-state index in [-0.39, 0.29) is 17.9 Å². The van der Waals surface area contributed by atoms with Gasteiger partial charge in [0.2, 0.25) is 5.91 Å². The molecule has 1 unspecified atom stereocenters. The van der Waals surface area contributed by atoms with Crippen LogP contribution in [0.2, 0.25) is 0 Å². The number of allylic oxidation sites excluding steroid dienone is 1. The monoisotopic (exact) mass is 569 g/mol. The number of hydrogen-bond acceptors (Lipinski definition) is 6. The maximum Gasteiger partial charge on any atom is 0.224 e. The maximum absolute atomic E-state index is 12.2. The van der Waals surface area contributed by atoms with Crippen molar-refractivity contribution in [1.29, 1.82) is 0 Å². The first-order chi connectivity index (χ1) is 20.3. The van der Waals surface area contributed by atoms with Gasteiger partial charge in [0.25, 0.3) is 0 Å². The number of carbonyl (C=O) groups excluding carboxylic acids is 2. The predicted octanol–water partition coefficient (Wildman–Crippen LogP) is 7.14. The SMILES string of the molecule is C=CCCCC(=O)Nc1ccc(-c2ccc3c(c2)C(N(N)/C=C(\N)c2ccccc2)[C@H](C)CN3C)cc1.CC.CC=O. The third-order valence-electron chi connectivity index (χ3n) is 6.89. The lowest BCUT2D eigenvalue weighted by atomic mass is 9.86. The van der Waals surface area contributed by atoms with E-state index < -0.39 is 0 Å². The van der Waals surface area contributed by atoms with Crippen molar-refractivity contribution in [3.05, 3.63) is 103 Å². The fraction of sp³-hybridized carbons (Fsp3) is 0.314. The molecule has 0 aliphatic carbocycles. The Bertz CT molecular complexity index is 1300. The van der Waals surface area contributed by atoms with Crippen LogP contribution in [0.1, 0.15) is 64.1 Å². The molecule has 7 heteroatoms. The molecule has 1 amide bonds. The number of rotatable bonds is 9. The number of carbonyl (C=O) groups is 2. The molecule has 0 saturated heterocycles. The first kappa shape index (κ1) is 33.8. The highest BCUT2D eigenvalue weighted by Crippen LogP contribution is 2.41. The third kappa shape index (κ3) is 9.35. The van der Waals surface area contributed by atoms with Gasteiger partial charge in [0.15, 0.2) is 0 Å². The van der Waals surface area contributed by atoms with Gasteiger partial charge in [-0.05, 0) is 66.6 Å². The average Bonchev–Trinajstić information content (AvgIpc) is 2.99. The van der Waals surface area contributed by atoms with Gasteiger partial charge in [-0.2, -0.15) is 0 Å². The summed E-state index contributed by atoms with van der Waals surface area (Å²) in [5.41, 5.74) is 13.3. The van der Waals surface area contributed by atoms with Crippen LogP contribution in [0, 0.1) is 5.92 Å². The number of amides is 1. The zero-order valence-corrected chi connectivity index (χ0v) is 25.7. The first-order valence-electron chi connectivity index (χ1n) is 14.6. The second-order valence-corrected chi connectivity index (χ2v) is 10.0. The number of nitrogens with zero attached hydrogens (tertiary/aromatic N) is 2. The van der Waals surface area contributed by atoms with E-state index >= 15 is 0 Å². The van der Waals surface area contributed by atoms with Crippen molar-refractivity contribution in [2.75, 3.05) is 23.8 Å². The number of hydrazine groups is 1. The zero-order chi connectivity index (χ0) is 31.1. The van der Waals surface area contributed by atoms with E-state index in [2.05, 4.69) is 49.0 Å². The summed E-state index contributed by atoms with van der Waals surface area (Å²) in [4.78, 5) is 23.2.